The van der Waals surface area contributed by atoms with Crippen molar-refractivity contribution in [3.63, 3.8) is 0 Å². The summed E-state index contributed by atoms with van der Waals surface area (Å²) in [5.74, 6) is -1.09. The van der Waals surface area contributed by atoms with Gasteiger partial charge in [0.25, 0.3) is 5.91 Å². The van der Waals surface area contributed by atoms with Gasteiger partial charge in [-0.25, -0.2) is 5.43 Å². The molecule has 0 aliphatic carbocycles. The lowest BCUT2D eigenvalue weighted by Crippen LogP contribution is -2.18. The van der Waals surface area contributed by atoms with Crippen LogP contribution in [0.25, 0.3) is 0 Å². The van der Waals surface area contributed by atoms with Crippen molar-refractivity contribution in [2.24, 2.45) is 5.10 Å². The molecule has 3 N–H and O–H groups in total. The van der Waals surface area contributed by atoms with Crippen LogP contribution in [0.2, 0.25) is 5.02 Å². The summed E-state index contributed by atoms with van der Waals surface area (Å²) < 4.78 is 0. The first-order valence-corrected chi connectivity index (χ1v) is 7.71. The summed E-state index contributed by atoms with van der Waals surface area (Å²) in [5, 5.41) is 22.7. The molecule has 126 valence electrons. The van der Waals surface area contributed by atoms with Crippen LogP contribution in [0.3, 0.4) is 0 Å². The molecule has 0 heterocycles. The number of amides is 1. The molecule has 0 saturated carbocycles. The van der Waals surface area contributed by atoms with Crippen LogP contribution in [-0.2, 0) is 5.41 Å². The number of carbonyl (C=O) groups is 1. The minimum absolute atomic E-state index is 0.000505. The zero-order valence-electron chi connectivity index (χ0n) is 13.7. The van der Waals surface area contributed by atoms with E-state index in [9.17, 15) is 15.0 Å². The second kappa shape index (κ2) is 6.93. The molecular formula is C18H19ClN2O3. The molecule has 6 heteroatoms. The number of hydrogen-bond donors (Lipinski definition) is 3. The van der Waals surface area contributed by atoms with Crippen LogP contribution >= 0.6 is 11.6 Å². The van der Waals surface area contributed by atoms with E-state index >= 15 is 0 Å². The van der Waals surface area contributed by atoms with Gasteiger partial charge in [0.15, 0.2) is 11.5 Å². The van der Waals surface area contributed by atoms with E-state index in [1.54, 1.807) is 12.1 Å². The van der Waals surface area contributed by atoms with Gasteiger partial charge in [-0.15, -0.1) is 0 Å². The fraction of sp³-hybridized carbons (Fsp3) is 0.222. The summed E-state index contributed by atoms with van der Waals surface area (Å²) in [6.45, 7) is 6.31. The van der Waals surface area contributed by atoms with Gasteiger partial charge in [-0.2, -0.15) is 5.10 Å². The van der Waals surface area contributed by atoms with E-state index in [1.165, 1.54) is 18.3 Å². The molecule has 0 atom stereocenters. The third-order valence-electron chi connectivity index (χ3n) is 3.46. The fourth-order valence-electron chi connectivity index (χ4n) is 2.03. The molecule has 0 aromatic heterocycles. The molecular weight excluding hydrogens is 328 g/mol. The van der Waals surface area contributed by atoms with Gasteiger partial charge in [0.05, 0.1) is 11.2 Å². The molecule has 0 fully saturated rings. The average Bonchev–Trinajstić information content (AvgIpc) is 2.51. The predicted molar refractivity (Wildman–Crippen MR) is 95.0 cm³/mol. The van der Waals surface area contributed by atoms with E-state index in [2.05, 4.69) is 31.3 Å². The lowest BCUT2D eigenvalue weighted by atomic mass is 9.87. The van der Waals surface area contributed by atoms with E-state index < -0.39 is 5.75 Å². The number of nitrogens with one attached hydrogen (secondary N) is 1. The quantitative estimate of drug-likeness (QED) is 0.449. The first-order valence-electron chi connectivity index (χ1n) is 7.34. The highest BCUT2D eigenvalue weighted by Gasteiger charge is 2.14. The normalized spacial score (nSPS) is 11.7. The third-order valence-corrected chi connectivity index (χ3v) is 3.75. The monoisotopic (exact) mass is 346 g/mol. The summed E-state index contributed by atoms with van der Waals surface area (Å²) in [4.78, 5) is 12.0. The molecule has 2 rings (SSSR count). The highest BCUT2D eigenvalue weighted by Crippen LogP contribution is 2.33. The second-order valence-corrected chi connectivity index (χ2v) is 6.80. The molecule has 0 radical (unpaired) electrons. The number of hydrazone groups is 1. The molecule has 2 aromatic carbocycles. The Balaban J connectivity index is 2.05. The molecule has 24 heavy (non-hydrogen) atoms. The zero-order valence-corrected chi connectivity index (χ0v) is 14.4. The Morgan fingerprint density at radius 1 is 1.17 bits per heavy atom. The van der Waals surface area contributed by atoms with Gasteiger partial charge in [0.1, 0.15) is 0 Å². The molecule has 5 nitrogen and oxygen atoms in total. The van der Waals surface area contributed by atoms with E-state index in [0.29, 0.717) is 11.1 Å². The molecule has 0 spiro atoms. The number of benzene rings is 2. The molecule has 0 saturated heterocycles. The van der Waals surface area contributed by atoms with Crippen LogP contribution in [0.5, 0.6) is 11.5 Å². The predicted octanol–water partition coefficient (Wildman–Crippen LogP) is 3.81. The highest BCUT2D eigenvalue weighted by molar-refractivity contribution is 6.32. The topological polar surface area (TPSA) is 81.9 Å². The van der Waals surface area contributed by atoms with Crippen LogP contribution in [0.4, 0.5) is 0 Å². The van der Waals surface area contributed by atoms with Crippen molar-refractivity contribution in [3.8, 4) is 11.5 Å². The number of phenols is 2. The van der Waals surface area contributed by atoms with Crippen molar-refractivity contribution in [1.82, 2.24) is 5.43 Å². The van der Waals surface area contributed by atoms with E-state index in [0.717, 1.165) is 5.56 Å². The Morgan fingerprint density at radius 2 is 1.79 bits per heavy atom. The maximum absolute atomic E-state index is 12.0. The lowest BCUT2D eigenvalue weighted by Gasteiger charge is -2.18. The van der Waals surface area contributed by atoms with Gasteiger partial charge in [0.2, 0.25) is 0 Å². The minimum Gasteiger partial charge on any atom is -0.504 e. The van der Waals surface area contributed by atoms with Crippen LogP contribution < -0.4 is 5.43 Å². The number of aromatic hydroxyl groups is 2. The first kappa shape index (κ1) is 17.8. The number of nitrogens with zero attached hydrogens (tertiary/aromatic N) is 1. The summed E-state index contributed by atoms with van der Waals surface area (Å²) in [5.41, 5.74) is 4.50. The Morgan fingerprint density at radius 3 is 2.33 bits per heavy atom. The van der Waals surface area contributed by atoms with Crippen molar-refractivity contribution in [2.75, 3.05) is 0 Å². The Hall–Kier alpha value is -2.53. The van der Waals surface area contributed by atoms with E-state index in [-0.39, 0.29) is 22.1 Å². The number of hydrogen-bond acceptors (Lipinski definition) is 4. The van der Waals surface area contributed by atoms with Gasteiger partial charge in [-0.05, 0) is 40.8 Å². The number of halogens is 1. The molecule has 0 unspecified atom stereocenters. The van der Waals surface area contributed by atoms with Crippen LogP contribution in [-0.4, -0.2) is 22.3 Å². The average molecular weight is 347 g/mol. The van der Waals surface area contributed by atoms with Crippen LogP contribution in [0, 0.1) is 0 Å². The van der Waals surface area contributed by atoms with Crippen molar-refractivity contribution >= 4 is 23.7 Å². The van der Waals surface area contributed by atoms with Gasteiger partial charge < -0.3 is 10.2 Å². The molecule has 0 bridgehead atoms. The standard InChI is InChI=1S/C18H19ClN2O3/c1-18(2,3)13-6-4-12(5-7-13)17(24)21-20-10-11-8-14(19)16(23)15(22)9-11/h4-10,22-23H,1-3H3,(H,21,24)/b20-10+. The molecule has 0 aliphatic rings. The minimum atomic E-state index is -0.392. The summed E-state index contributed by atoms with van der Waals surface area (Å²) in [6.07, 6.45) is 1.33. The van der Waals surface area contributed by atoms with Crippen molar-refractivity contribution in [2.45, 2.75) is 26.2 Å². The summed E-state index contributed by atoms with van der Waals surface area (Å²) >= 11 is 5.75. The zero-order chi connectivity index (χ0) is 17.9. The largest absolute Gasteiger partial charge is 0.504 e. The lowest BCUT2D eigenvalue weighted by molar-refractivity contribution is 0.0955. The number of phenolic OH excluding ortho intramolecular Hbond substituents is 2. The Kier molecular flexibility index (Phi) is 5.14. The SMILES string of the molecule is CC(C)(C)c1ccc(C(=O)N/N=C/c2cc(O)c(O)c(Cl)c2)cc1. The van der Waals surface area contributed by atoms with Gasteiger partial charge in [0, 0.05) is 5.56 Å². The second-order valence-electron chi connectivity index (χ2n) is 6.40. The summed E-state index contributed by atoms with van der Waals surface area (Å²) in [6, 6.07) is 10.0. The van der Waals surface area contributed by atoms with E-state index in [4.69, 9.17) is 11.6 Å². The number of carbonyl (C=O) groups excluding carboxylic acids is 1. The van der Waals surface area contributed by atoms with Crippen LogP contribution in [0.15, 0.2) is 41.5 Å². The van der Waals surface area contributed by atoms with Crippen molar-refractivity contribution in [3.05, 3.63) is 58.1 Å². The van der Waals surface area contributed by atoms with E-state index in [1.807, 2.05) is 12.1 Å². The Bertz CT molecular complexity index is 755. The maximum atomic E-state index is 12.0. The fourth-order valence-corrected chi connectivity index (χ4v) is 2.25. The first-order chi connectivity index (χ1) is 11.2. The number of rotatable bonds is 3. The summed E-state index contributed by atoms with van der Waals surface area (Å²) in [7, 11) is 0. The van der Waals surface area contributed by atoms with Gasteiger partial charge in [-0.1, -0.05) is 44.5 Å². The van der Waals surface area contributed by atoms with Gasteiger partial charge >= 0.3 is 0 Å². The molecule has 2 aromatic rings. The van der Waals surface area contributed by atoms with Gasteiger partial charge in [-0.3, -0.25) is 4.79 Å². The van der Waals surface area contributed by atoms with Crippen LogP contribution in [0.1, 0.15) is 42.3 Å². The third kappa shape index (κ3) is 4.26. The van der Waals surface area contributed by atoms with Crippen molar-refractivity contribution < 1.29 is 15.0 Å². The smallest absolute Gasteiger partial charge is 0.271 e. The Labute approximate surface area is 145 Å². The van der Waals surface area contributed by atoms with Crippen molar-refractivity contribution in [1.29, 1.82) is 0 Å². The maximum Gasteiger partial charge on any atom is 0.271 e. The molecule has 0 aliphatic heterocycles. The highest BCUT2D eigenvalue weighted by atomic mass is 35.5. The molecule has 1 amide bonds.